The largest absolute Gasteiger partial charge is 0.354 e. The van der Waals surface area contributed by atoms with Gasteiger partial charge in [-0.25, -0.2) is 0 Å². The average Bonchev–Trinajstić information content (AvgIpc) is 3.27. The van der Waals surface area contributed by atoms with Gasteiger partial charge < -0.3 is 5.32 Å². The lowest BCUT2D eigenvalue weighted by atomic mass is 10.0. The van der Waals surface area contributed by atoms with Crippen LogP contribution in [0.3, 0.4) is 0 Å². The minimum absolute atomic E-state index is 0.0791. The fourth-order valence-electron chi connectivity index (χ4n) is 4.13. The van der Waals surface area contributed by atoms with Crippen LogP contribution in [-0.2, 0) is 17.8 Å². The molecule has 1 atom stereocenters. The Morgan fingerprint density at radius 1 is 1.14 bits per heavy atom. The molecule has 1 aromatic carbocycles. The Labute approximate surface area is 169 Å². The summed E-state index contributed by atoms with van der Waals surface area (Å²) in [6, 6.07) is 10.8. The molecule has 1 fully saturated rings. The van der Waals surface area contributed by atoms with E-state index in [0.29, 0.717) is 18.9 Å². The summed E-state index contributed by atoms with van der Waals surface area (Å²) in [6.45, 7) is 12.2. The second-order valence-corrected chi connectivity index (χ2v) is 8.38. The summed E-state index contributed by atoms with van der Waals surface area (Å²) in [7, 11) is 0. The van der Waals surface area contributed by atoms with Crippen molar-refractivity contribution in [3.63, 3.8) is 0 Å². The van der Waals surface area contributed by atoms with Crippen LogP contribution in [0.1, 0.15) is 55.2 Å². The lowest BCUT2D eigenvalue weighted by Gasteiger charge is -2.28. The molecule has 1 aromatic heterocycles. The number of benzene rings is 1. The van der Waals surface area contributed by atoms with Gasteiger partial charge in [0.25, 0.3) is 0 Å². The quantitative estimate of drug-likeness (QED) is 0.758. The van der Waals surface area contributed by atoms with E-state index in [4.69, 9.17) is 0 Å². The second kappa shape index (κ2) is 9.37. The number of aromatic nitrogens is 2. The average molecular weight is 383 g/mol. The number of hydrogen-bond acceptors (Lipinski definition) is 3. The molecule has 1 aliphatic rings. The topological polar surface area (TPSA) is 50.2 Å². The number of hydrogen-bond donors (Lipinski definition) is 1. The van der Waals surface area contributed by atoms with Crippen molar-refractivity contribution in [3.8, 4) is 0 Å². The maximum absolute atomic E-state index is 12.7. The van der Waals surface area contributed by atoms with Gasteiger partial charge in [0.1, 0.15) is 0 Å². The molecule has 5 heteroatoms. The molecule has 1 aliphatic heterocycles. The number of aryl methyl sites for hydroxylation is 1. The molecule has 0 aliphatic carbocycles. The number of carbonyl (C=O) groups is 1. The van der Waals surface area contributed by atoms with E-state index in [1.807, 2.05) is 17.7 Å². The fourth-order valence-corrected chi connectivity index (χ4v) is 4.13. The minimum Gasteiger partial charge on any atom is -0.354 e. The summed E-state index contributed by atoms with van der Waals surface area (Å²) in [5, 5.41) is 7.83. The molecule has 0 spiro atoms. The molecule has 0 bridgehead atoms. The van der Waals surface area contributed by atoms with Crippen LogP contribution in [0.15, 0.2) is 30.3 Å². The third-order valence-electron chi connectivity index (χ3n) is 5.67. The van der Waals surface area contributed by atoms with E-state index in [9.17, 15) is 4.79 Å². The van der Waals surface area contributed by atoms with Gasteiger partial charge in [-0.1, -0.05) is 44.2 Å². The van der Waals surface area contributed by atoms with Gasteiger partial charge in [0, 0.05) is 24.3 Å². The summed E-state index contributed by atoms with van der Waals surface area (Å²) in [5.41, 5.74) is 4.42. The molecule has 0 saturated carbocycles. The van der Waals surface area contributed by atoms with Crippen LogP contribution >= 0.6 is 0 Å². The molecule has 0 radical (unpaired) electrons. The fraction of sp³-hybridized carbons (Fsp3) is 0.565. The number of nitrogens with zero attached hydrogens (tertiary/aromatic N) is 3. The van der Waals surface area contributed by atoms with Gasteiger partial charge in [0.05, 0.1) is 18.2 Å². The summed E-state index contributed by atoms with van der Waals surface area (Å²) in [6.07, 6.45) is 2.88. The second-order valence-electron chi connectivity index (χ2n) is 8.38. The minimum atomic E-state index is 0.0791. The molecule has 5 nitrogen and oxygen atoms in total. The Hall–Kier alpha value is -2.14. The monoisotopic (exact) mass is 382 g/mol. The highest BCUT2D eigenvalue weighted by atomic mass is 16.1. The summed E-state index contributed by atoms with van der Waals surface area (Å²) in [5.74, 6) is 0.613. The molecule has 152 valence electrons. The summed E-state index contributed by atoms with van der Waals surface area (Å²) >= 11 is 0. The van der Waals surface area contributed by atoms with Gasteiger partial charge in [-0.15, -0.1) is 0 Å². The van der Waals surface area contributed by atoms with E-state index in [2.05, 4.69) is 60.4 Å². The first-order chi connectivity index (χ1) is 13.5. The van der Waals surface area contributed by atoms with Crippen molar-refractivity contribution in [3.05, 3.63) is 52.8 Å². The molecular formula is C23H34N4O. The van der Waals surface area contributed by atoms with Gasteiger partial charge >= 0.3 is 0 Å². The first-order valence-corrected chi connectivity index (χ1v) is 10.5. The zero-order valence-electron chi connectivity index (χ0n) is 17.7. The van der Waals surface area contributed by atoms with Crippen LogP contribution in [0.25, 0.3) is 0 Å². The molecule has 1 N–H and O–H groups in total. The standard InChI is InChI=1S/C23H34N4O/c1-17(2)16-27-19(4)21(18(3)25-27)14-23(28)24-15-22(26-12-8-9-13-26)20-10-6-5-7-11-20/h5-7,10-11,17,22H,8-9,12-16H2,1-4H3,(H,24,28). The van der Waals surface area contributed by atoms with E-state index in [-0.39, 0.29) is 11.9 Å². The smallest absolute Gasteiger partial charge is 0.224 e. The van der Waals surface area contributed by atoms with Crippen molar-refractivity contribution in [1.82, 2.24) is 20.0 Å². The van der Waals surface area contributed by atoms with Gasteiger partial charge in [-0.2, -0.15) is 5.10 Å². The Balaban J connectivity index is 1.64. The molecule has 2 aromatic rings. The van der Waals surface area contributed by atoms with Crippen molar-refractivity contribution < 1.29 is 4.79 Å². The zero-order valence-corrected chi connectivity index (χ0v) is 17.7. The van der Waals surface area contributed by atoms with Crippen LogP contribution in [-0.4, -0.2) is 40.2 Å². The van der Waals surface area contributed by atoms with Crippen molar-refractivity contribution in [2.24, 2.45) is 5.92 Å². The van der Waals surface area contributed by atoms with Crippen molar-refractivity contribution in [1.29, 1.82) is 0 Å². The van der Waals surface area contributed by atoms with Gasteiger partial charge in [0.15, 0.2) is 0 Å². The van der Waals surface area contributed by atoms with E-state index < -0.39 is 0 Å². The Bertz CT molecular complexity index is 775. The maximum atomic E-state index is 12.7. The number of likely N-dealkylation sites (tertiary alicyclic amines) is 1. The molecule has 1 amide bonds. The molecule has 28 heavy (non-hydrogen) atoms. The summed E-state index contributed by atoms with van der Waals surface area (Å²) < 4.78 is 2.04. The molecule has 1 unspecified atom stereocenters. The van der Waals surface area contributed by atoms with E-state index in [1.54, 1.807) is 0 Å². The van der Waals surface area contributed by atoms with Crippen LogP contribution in [0.2, 0.25) is 0 Å². The number of carbonyl (C=O) groups excluding carboxylic acids is 1. The van der Waals surface area contributed by atoms with Crippen LogP contribution < -0.4 is 5.32 Å². The molecule has 1 saturated heterocycles. The highest BCUT2D eigenvalue weighted by molar-refractivity contribution is 5.79. The highest BCUT2D eigenvalue weighted by Gasteiger charge is 2.24. The van der Waals surface area contributed by atoms with Crippen LogP contribution in [0.4, 0.5) is 0 Å². The highest BCUT2D eigenvalue weighted by Crippen LogP contribution is 2.24. The normalized spacial score (nSPS) is 15.9. The Kier molecular flexibility index (Phi) is 6.89. The van der Waals surface area contributed by atoms with Gasteiger partial charge in [-0.3, -0.25) is 14.4 Å². The predicted octanol–water partition coefficient (Wildman–Crippen LogP) is 3.65. The van der Waals surface area contributed by atoms with Gasteiger partial charge in [0.2, 0.25) is 5.91 Å². The lowest BCUT2D eigenvalue weighted by molar-refractivity contribution is -0.120. The molecule has 3 rings (SSSR count). The zero-order chi connectivity index (χ0) is 20.1. The Morgan fingerprint density at radius 2 is 1.82 bits per heavy atom. The maximum Gasteiger partial charge on any atom is 0.224 e. The SMILES string of the molecule is Cc1nn(CC(C)C)c(C)c1CC(=O)NCC(c1ccccc1)N1CCCC1. The third kappa shape index (κ3) is 5.02. The lowest BCUT2D eigenvalue weighted by Crippen LogP contribution is -2.37. The van der Waals surface area contributed by atoms with Crippen LogP contribution in [0.5, 0.6) is 0 Å². The van der Waals surface area contributed by atoms with E-state index in [0.717, 1.165) is 36.6 Å². The molecule has 2 heterocycles. The first-order valence-electron chi connectivity index (χ1n) is 10.5. The van der Waals surface area contributed by atoms with Crippen molar-refractivity contribution in [2.45, 2.75) is 59.5 Å². The van der Waals surface area contributed by atoms with E-state index in [1.165, 1.54) is 18.4 Å². The first kappa shape index (κ1) is 20.6. The van der Waals surface area contributed by atoms with Crippen LogP contribution in [0, 0.1) is 19.8 Å². The molecular weight excluding hydrogens is 348 g/mol. The third-order valence-corrected chi connectivity index (χ3v) is 5.67. The van der Waals surface area contributed by atoms with Crippen molar-refractivity contribution >= 4 is 5.91 Å². The Morgan fingerprint density at radius 3 is 2.46 bits per heavy atom. The van der Waals surface area contributed by atoms with Crippen molar-refractivity contribution in [2.75, 3.05) is 19.6 Å². The number of amides is 1. The van der Waals surface area contributed by atoms with Gasteiger partial charge in [-0.05, 0) is 51.3 Å². The van der Waals surface area contributed by atoms with E-state index >= 15 is 0 Å². The summed E-state index contributed by atoms with van der Waals surface area (Å²) in [4.78, 5) is 15.2. The number of rotatable bonds is 8. The predicted molar refractivity (Wildman–Crippen MR) is 113 cm³/mol. The number of nitrogens with one attached hydrogen (secondary N) is 1.